The standard InChI is InChI=1S/C21H25N3O3/c1-2-17-6-3-4-7-19(17)27-16-20(25)23-12-5-13-24(15-14-23)21(26)18-8-10-22-11-9-18/h3-4,6-11H,2,5,12-16H2,1H3. The van der Waals surface area contributed by atoms with Crippen LogP contribution in [-0.4, -0.2) is 59.4 Å². The number of pyridine rings is 1. The lowest BCUT2D eigenvalue weighted by Gasteiger charge is -2.22. The molecule has 0 saturated carbocycles. The molecule has 2 amide bonds. The Hall–Kier alpha value is -2.89. The van der Waals surface area contributed by atoms with Gasteiger partial charge in [0, 0.05) is 44.1 Å². The molecule has 3 rings (SSSR count). The van der Waals surface area contributed by atoms with Crippen molar-refractivity contribution in [2.45, 2.75) is 19.8 Å². The Morgan fingerprint density at radius 2 is 1.70 bits per heavy atom. The van der Waals surface area contributed by atoms with Gasteiger partial charge in [-0.15, -0.1) is 0 Å². The predicted octanol–water partition coefficient (Wildman–Crippen LogP) is 2.40. The van der Waals surface area contributed by atoms with Gasteiger partial charge < -0.3 is 14.5 Å². The zero-order chi connectivity index (χ0) is 19.1. The lowest BCUT2D eigenvalue weighted by molar-refractivity contribution is -0.133. The fourth-order valence-electron chi connectivity index (χ4n) is 3.21. The van der Waals surface area contributed by atoms with Crippen molar-refractivity contribution < 1.29 is 14.3 Å². The zero-order valence-corrected chi connectivity index (χ0v) is 15.6. The third-order valence-corrected chi connectivity index (χ3v) is 4.77. The highest BCUT2D eigenvalue weighted by molar-refractivity contribution is 5.94. The fourth-order valence-corrected chi connectivity index (χ4v) is 3.21. The number of ether oxygens (including phenoxy) is 1. The van der Waals surface area contributed by atoms with E-state index in [2.05, 4.69) is 11.9 Å². The molecule has 2 heterocycles. The van der Waals surface area contributed by atoms with E-state index in [0.717, 1.165) is 24.2 Å². The maximum absolute atomic E-state index is 12.6. The van der Waals surface area contributed by atoms with Crippen molar-refractivity contribution >= 4 is 11.8 Å². The van der Waals surface area contributed by atoms with E-state index in [1.165, 1.54) is 0 Å². The number of para-hydroxylation sites is 1. The van der Waals surface area contributed by atoms with Crippen LogP contribution in [0.2, 0.25) is 0 Å². The molecule has 0 aliphatic carbocycles. The van der Waals surface area contributed by atoms with Crippen LogP contribution in [0.3, 0.4) is 0 Å². The predicted molar refractivity (Wildman–Crippen MR) is 103 cm³/mol. The van der Waals surface area contributed by atoms with E-state index < -0.39 is 0 Å². The van der Waals surface area contributed by atoms with Gasteiger partial charge in [-0.3, -0.25) is 14.6 Å². The molecule has 0 radical (unpaired) electrons. The number of rotatable bonds is 5. The number of hydrogen-bond acceptors (Lipinski definition) is 4. The molecule has 27 heavy (non-hydrogen) atoms. The number of aromatic nitrogens is 1. The third kappa shape index (κ3) is 4.84. The van der Waals surface area contributed by atoms with Gasteiger partial charge in [-0.25, -0.2) is 0 Å². The maximum Gasteiger partial charge on any atom is 0.260 e. The number of carbonyl (C=O) groups is 2. The van der Waals surface area contributed by atoms with E-state index in [1.807, 2.05) is 24.3 Å². The second-order valence-electron chi connectivity index (χ2n) is 6.51. The van der Waals surface area contributed by atoms with Crippen molar-refractivity contribution in [1.82, 2.24) is 14.8 Å². The Kier molecular flexibility index (Phi) is 6.41. The van der Waals surface area contributed by atoms with Crippen LogP contribution in [0, 0.1) is 0 Å². The highest BCUT2D eigenvalue weighted by Crippen LogP contribution is 2.18. The van der Waals surface area contributed by atoms with Crippen molar-refractivity contribution in [3.8, 4) is 5.75 Å². The van der Waals surface area contributed by atoms with Crippen molar-refractivity contribution in [3.05, 3.63) is 59.9 Å². The van der Waals surface area contributed by atoms with Crippen LogP contribution in [0.15, 0.2) is 48.8 Å². The smallest absolute Gasteiger partial charge is 0.260 e. The first kappa shape index (κ1) is 18.9. The van der Waals surface area contributed by atoms with Gasteiger partial charge in [-0.1, -0.05) is 25.1 Å². The van der Waals surface area contributed by atoms with Crippen LogP contribution >= 0.6 is 0 Å². The van der Waals surface area contributed by atoms with Gasteiger partial charge in [0.05, 0.1) is 0 Å². The van der Waals surface area contributed by atoms with Gasteiger partial charge in [0.25, 0.3) is 11.8 Å². The van der Waals surface area contributed by atoms with E-state index in [9.17, 15) is 9.59 Å². The Bertz CT molecular complexity index is 779. The SMILES string of the molecule is CCc1ccccc1OCC(=O)N1CCCN(C(=O)c2ccncc2)CC1. The molecule has 0 atom stereocenters. The van der Waals surface area contributed by atoms with E-state index in [0.29, 0.717) is 31.7 Å². The average molecular weight is 367 g/mol. The van der Waals surface area contributed by atoms with Crippen molar-refractivity contribution in [2.24, 2.45) is 0 Å². The number of nitrogens with zero attached hydrogens (tertiary/aromatic N) is 3. The zero-order valence-electron chi connectivity index (χ0n) is 15.6. The molecule has 6 nitrogen and oxygen atoms in total. The molecule has 1 fully saturated rings. The lowest BCUT2D eigenvalue weighted by atomic mass is 10.1. The van der Waals surface area contributed by atoms with Crippen LogP contribution < -0.4 is 4.74 Å². The molecule has 6 heteroatoms. The van der Waals surface area contributed by atoms with Gasteiger partial charge in [0.2, 0.25) is 0 Å². The maximum atomic E-state index is 12.6. The van der Waals surface area contributed by atoms with Gasteiger partial charge in [0.15, 0.2) is 6.61 Å². The molecular formula is C21H25N3O3. The summed E-state index contributed by atoms with van der Waals surface area (Å²) >= 11 is 0. The van der Waals surface area contributed by atoms with Crippen LogP contribution in [0.25, 0.3) is 0 Å². The molecule has 142 valence electrons. The van der Waals surface area contributed by atoms with Crippen molar-refractivity contribution in [3.63, 3.8) is 0 Å². The molecule has 2 aromatic rings. The monoisotopic (exact) mass is 367 g/mol. The number of hydrogen-bond donors (Lipinski definition) is 0. The molecule has 0 N–H and O–H groups in total. The lowest BCUT2D eigenvalue weighted by Crippen LogP contribution is -2.39. The first-order chi connectivity index (χ1) is 13.2. The van der Waals surface area contributed by atoms with Crippen LogP contribution in [0.5, 0.6) is 5.75 Å². The number of aryl methyl sites for hydroxylation is 1. The summed E-state index contributed by atoms with van der Waals surface area (Å²) in [6.07, 6.45) is 4.85. The van der Waals surface area contributed by atoms with E-state index in [-0.39, 0.29) is 18.4 Å². The van der Waals surface area contributed by atoms with E-state index >= 15 is 0 Å². The summed E-state index contributed by atoms with van der Waals surface area (Å²) in [4.78, 5) is 32.7. The second-order valence-corrected chi connectivity index (χ2v) is 6.51. The minimum absolute atomic E-state index is 0.0141. The summed E-state index contributed by atoms with van der Waals surface area (Å²) in [6, 6.07) is 11.2. The van der Waals surface area contributed by atoms with E-state index in [1.54, 1.807) is 34.3 Å². The first-order valence-corrected chi connectivity index (χ1v) is 9.37. The second kappa shape index (κ2) is 9.16. The molecule has 0 unspecified atom stereocenters. The normalized spacial score (nSPS) is 14.6. The van der Waals surface area contributed by atoms with Crippen molar-refractivity contribution in [1.29, 1.82) is 0 Å². The number of carbonyl (C=O) groups excluding carboxylic acids is 2. The Morgan fingerprint density at radius 1 is 1.00 bits per heavy atom. The number of amides is 2. The number of benzene rings is 1. The molecule has 1 saturated heterocycles. The fraction of sp³-hybridized carbons (Fsp3) is 0.381. The van der Waals surface area contributed by atoms with Crippen LogP contribution in [0.4, 0.5) is 0 Å². The summed E-state index contributed by atoms with van der Waals surface area (Å²) < 4.78 is 5.75. The summed E-state index contributed by atoms with van der Waals surface area (Å²) in [5.74, 6) is 0.705. The molecule has 1 aromatic carbocycles. The van der Waals surface area contributed by atoms with E-state index in [4.69, 9.17) is 4.74 Å². The summed E-state index contributed by atoms with van der Waals surface area (Å²) in [6.45, 7) is 4.41. The third-order valence-electron chi connectivity index (χ3n) is 4.77. The molecule has 0 bridgehead atoms. The Labute approximate surface area is 159 Å². The van der Waals surface area contributed by atoms with Gasteiger partial charge in [-0.2, -0.15) is 0 Å². The minimum atomic E-state index is -0.0425. The molecule has 1 aliphatic rings. The van der Waals surface area contributed by atoms with Crippen molar-refractivity contribution in [2.75, 3.05) is 32.8 Å². The Balaban J connectivity index is 1.54. The van der Waals surface area contributed by atoms with Crippen LogP contribution in [-0.2, 0) is 11.2 Å². The van der Waals surface area contributed by atoms with Gasteiger partial charge in [-0.05, 0) is 36.6 Å². The summed E-state index contributed by atoms with van der Waals surface area (Å²) in [5, 5.41) is 0. The summed E-state index contributed by atoms with van der Waals surface area (Å²) in [5.41, 5.74) is 1.72. The highest BCUT2D eigenvalue weighted by Gasteiger charge is 2.23. The van der Waals surface area contributed by atoms with Crippen LogP contribution in [0.1, 0.15) is 29.3 Å². The van der Waals surface area contributed by atoms with Gasteiger partial charge >= 0.3 is 0 Å². The first-order valence-electron chi connectivity index (χ1n) is 9.37. The molecule has 1 aromatic heterocycles. The minimum Gasteiger partial charge on any atom is -0.483 e. The highest BCUT2D eigenvalue weighted by atomic mass is 16.5. The average Bonchev–Trinajstić information content (AvgIpc) is 2.98. The topological polar surface area (TPSA) is 62.7 Å². The molecule has 0 spiro atoms. The quantitative estimate of drug-likeness (QED) is 0.814. The largest absolute Gasteiger partial charge is 0.483 e. The summed E-state index contributed by atoms with van der Waals surface area (Å²) in [7, 11) is 0. The molecular weight excluding hydrogens is 342 g/mol. The van der Waals surface area contributed by atoms with Gasteiger partial charge in [0.1, 0.15) is 5.75 Å². The Morgan fingerprint density at radius 3 is 2.48 bits per heavy atom. The molecule has 1 aliphatic heterocycles.